The highest BCUT2D eigenvalue weighted by molar-refractivity contribution is 14.1. The van der Waals surface area contributed by atoms with Gasteiger partial charge in [-0.2, -0.15) is 0 Å². The van der Waals surface area contributed by atoms with Gasteiger partial charge in [-0.3, -0.25) is 0 Å². The van der Waals surface area contributed by atoms with Gasteiger partial charge in [0.25, 0.3) is 0 Å². The smallest absolute Gasteiger partial charge is 0.333 e. The molecule has 30 heavy (non-hydrogen) atoms. The van der Waals surface area contributed by atoms with Crippen LogP contribution >= 0.6 is 61.1 Å². The number of rotatable bonds is 8. The lowest BCUT2D eigenvalue weighted by molar-refractivity contribution is -0.149. The van der Waals surface area contributed by atoms with Crippen molar-refractivity contribution in [1.29, 1.82) is 0 Å². The maximum Gasteiger partial charge on any atom is 0.333 e. The average molecular weight is 695 g/mol. The number of hydrogen-bond acceptors (Lipinski definition) is 3. The predicted molar refractivity (Wildman–Crippen MR) is 139 cm³/mol. The molecule has 0 unspecified atom stereocenters. The second-order valence-electron chi connectivity index (χ2n) is 6.36. The Bertz CT molecular complexity index is 972. The standard InChI is InChI=1S/C23H21BrI2O4/c1-3-29-22(23(27)28)13-17-6-7-21(20(24)12-17)30-9-8-15(2)4-5-16-10-18(25)14-19(26)11-16/h6-8,10-12,14,22H,3,9,13H2,1-2H3,(H,27,28)/b15-8+/t22-/m0/s1. The second-order valence-corrected chi connectivity index (χ2v) is 9.70. The number of benzene rings is 2. The molecule has 0 saturated carbocycles. The molecule has 0 bridgehead atoms. The maximum absolute atomic E-state index is 11.2. The van der Waals surface area contributed by atoms with Crippen LogP contribution in [0.15, 0.2) is 52.5 Å². The van der Waals surface area contributed by atoms with Crippen molar-refractivity contribution in [2.24, 2.45) is 0 Å². The third kappa shape index (κ3) is 8.57. The first-order chi connectivity index (χ1) is 14.3. The third-order valence-corrected chi connectivity index (χ3v) is 5.82. The fourth-order valence-corrected chi connectivity index (χ4v) is 5.00. The number of aliphatic carboxylic acids is 1. The summed E-state index contributed by atoms with van der Waals surface area (Å²) in [5, 5.41) is 9.22. The molecule has 1 N–H and O–H groups in total. The van der Waals surface area contributed by atoms with Crippen molar-refractivity contribution >= 4 is 67.1 Å². The molecule has 0 aliphatic rings. The van der Waals surface area contributed by atoms with Gasteiger partial charge in [0, 0.05) is 25.7 Å². The molecule has 0 aromatic heterocycles. The summed E-state index contributed by atoms with van der Waals surface area (Å²) < 4.78 is 14.2. The van der Waals surface area contributed by atoms with Gasteiger partial charge in [0.05, 0.1) is 4.47 Å². The molecule has 0 aliphatic heterocycles. The molecule has 0 amide bonds. The van der Waals surface area contributed by atoms with E-state index in [1.807, 2.05) is 31.2 Å². The van der Waals surface area contributed by atoms with Crippen LogP contribution in [0.4, 0.5) is 0 Å². The first-order valence-electron chi connectivity index (χ1n) is 9.19. The van der Waals surface area contributed by atoms with E-state index in [1.165, 1.54) is 0 Å². The number of halogens is 3. The molecule has 0 saturated heterocycles. The highest BCUT2D eigenvalue weighted by Gasteiger charge is 2.18. The minimum absolute atomic E-state index is 0.300. The van der Waals surface area contributed by atoms with Crippen molar-refractivity contribution in [1.82, 2.24) is 0 Å². The molecule has 0 fully saturated rings. The number of carbonyl (C=O) groups is 1. The molecule has 0 spiro atoms. The summed E-state index contributed by atoms with van der Waals surface area (Å²) in [5.74, 6) is 6.05. The van der Waals surface area contributed by atoms with Crippen LogP contribution in [0, 0.1) is 19.0 Å². The summed E-state index contributed by atoms with van der Waals surface area (Å²) >= 11 is 8.07. The normalized spacial score (nSPS) is 12.1. The van der Waals surface area contributed by atoms with Gasteiger partial charge < -0.3 is 14.6 Å². The first-order valence-corrected chi connectivity index (χ1v) is 12.1. The number of hydrogen-bond donors (Lipinski definition) is 1. The van der Waals surface area contributed by atoms with Gasteiger partial charge in [0.2, 0.25) is 0 Å². The van der Waals surface area contributed by atoms with Crippen LogP contribution in [-0.2, 0) is 16.0 Å². The van der Waals surface area contributed by atoms with Crippen LogP contribution in [0.2, 0.25) is 0 Å². The Morgan fingerprint density at radius 1 is 1.23 bits per heavy atom. The Kier molecular flexibility index (Phi) is 10.6. The van der Waals surface area contributed by atoms with Gasteiger partial charge >= 0.3 is 5.97 Å². The van der Waals surface area contributed by atoms with Crippen molar-refractivity contribution in [2.45, 2.75) is 26.4 Å². The Morgan fingerprint density at radius 2 is 1.93 bits per heavy atom. The van der Waals surface area contributed by atoms with E-state index in [2.05, 4.69) is 91.2 Å². The van der Waals surface area contributed by atoms with Gasteiger partial charge in [0.15, 0.2) is 6.10 Å². The van der Waals surface area contributed by atoms with E-state index in [4.69, 9.17) is 9.47 Å². The average Bonchev–Trinajstić information content (AvgIpc) is 2.67. The number of allylic oxidation sites excluding steroid dienone is 1. The quantitative estimate of drug-likeness (QED) is 0.270. The van der Waals surface area contributed by atoms with Crippen molar-refractivity contribution in [2.75, 3.05) is 13.2 Å². The van der Waals surface area contributed by atoms with Crippen molar-refractivity contribution in [3.63, 3.8) is 0 Å². The molecule has 2 aromatic carbocycles. The molecular weight excluding hydrogens is 674 g/mol. The number of carboxylic acids is 1. The van der Waals surface area contributed by atoms with Gasteiger partial charge in [-0.25, -0.2) is 4.79 Å². The summed E-state index contributed by atoms with van der Waals surface area (Å²) in [7, 11) is 0. The van der Waals surface area contributed by atoms with Crippen LogP contribution < -0.4 is 4.74 Å². The molecule has 2 rings (SSSR count). The van der Waals surface area contributed by atoms with E-state index in [0.717, 1.165) is 28.3 Å². The lowest BCUT2D eigenvalue weighted by Gasteiger charge is -2.13. The molecule has 0 radical (unpaired) electrons. The second kappa shape index (κ2) is 12.7. The van der Waals surface area contributed by atoms with Gasteiger partial charge in [-0.15, -0.1) is 0 Å². The fourth-order valence-electron chi connectivity index (χ4n) is 2.53. The number of carboxylic acid groups (broad SMARTS) is 1. The molecule has 7 heteroatoms. The topological polar surface area (TPSA) is 55.8 Å². The molecule has 2 aromatic rings. The molecule has 1 atom stereocenters. The van der Waals surface area contributed by atoms with Crippen LogP contribution in [0.25, 0.3) is 0 Å². The summed E-state index contributed by atoms with van der Waals surface area (Å²) in [6, 6.07) is 11.7. The number of ether oxygens (including phenoxy) is 2. The molecular formula is C23H21BrI2O4. The minimum Gasteiger partial charge on any atom is -0.488 e. The maximum atomic E-state index is 11.2. The van der Waals surface area contributed by atoms with Crippen LogP contribution in [0.3, 0.4) is 0 Å². The predicted octanol–water partition coefficient (Wildman–Crippen LogP) is 6.07. The van der Waals surface area contributed by atoms with Crippen LogP contribution in [-0.4, -0.2) is 30.4 Å². The van der Waals surface area contributed by atoms with E-state index >= 15 is 0 Å². The van der Waals surface area contributed by atoms with Crippen LogP contribution in [0.1, 0.15) is 25.0 Å². The van der Waals surface area contributed by atoms with E-state index in [1.54, 1.807) is 6.92 Å². The Morgan fingerprint density at radius 3 is 2.53 bits per heavy atom. The van der Waals surface area contributed by atoms with Crippen LogP contribution in [0.5, 0.6) is 5.75 Å². The highest BCUT2D eigenvalue weighted by Crippen LogP contribution is 2.27. The van der Waals surface area contributed by atoms with Gasteiger partial charge in [-0.1, -0.05) is 17.9 Å². The summed E-state index contributed by atoms with van der Waals surface area (Å²) in [5.41, 5.74) is 2.78. The third-order valence-electron chi connectivity index (χ3n) is 3.96. The lowest BCUT2D eigenvalue weighted by Crippen LogP contribution is -2.26. The summed E-state index contributed by atoms with van der Waals surface area (Å²) in [6.45, 7) is 4.48. The zero-order valence-electron chi connectivity index (χ0n) is 16.5. The first kappa shape index (κ1) is 25.2. The Balaban J connectivity index is 1.97. The molecule has 4 nitrogen and oxygen atoms in total. The Labute approximate surface area is 212 Å². The summed E-state index contributed by atoms with van der Waals surface area (Å²) in [6.07, 6.45) is 1.38. The van der Waals surface area contributed by atoms with Crippen molar-refractivity contribution in [3.8, 4) is 17.6 Å². The van der Waals surface area contributed by atoms with Crippen molar-refractivity contribution in [3.05, 3.63) is 70.8 Å². The van der Waals surface area contributed by atoms with E-state index < -0.39 is 12.1 Å². The van der Waals surface area contributed by atoms with E-state index in [9.17, 15) is 9.90 Å². The molecule has 0 aliphatic carbocycles. The van der Waals surface area contributed by atoms with E-state index in [-0.39, 0.29) is 0 Å². The SMILES string of the molecule is CCO[C@@H](Cc1ccc(OC/C=C(\C)C#Cc2cc(I)cc(I)c2)c(Br)c1)C(=O)O. The minimum atomic E-state index is -0.963. The highest BCUT2D eigenvalue weighted by atomic mass is 127. The van der Waals surface area contributed by atoms with Gasteiger partial charge in [-0.05, 0) is 123 Å². The zero-order valence-corrected chi connectivity index (χ0v) is 22.4. The van der Waals surface area contributed by atoms with E-state index in [0.29, 0.717) is 25.4 Å². The Hall–Kier alpha value is -1.09. The van der Waals surface area contributed by atoms with Crippen molar-refractivity contribution < 1.29 is 19.4 Å². The largest absolute Gasteiger partial charge is 0.488 e. The lowest BCUT2D eigenvalue weighted by atomic mass is 10.1. The zero-order chi connectivity index (χ0) is 22.1. The molecule has 158 valence electrons. The molecule has 0 heterocycles. The fraction of sp³-hybridized carbons (Fsp3) is 0.261. The van der Waals surface area contributed by atoms with Gasteiger partial charge in [0.1, 0.15) is 12.4 Å². The monoisotopic (exact) mass is 694 g/mol. The summed E-state index contributed by atoms with van der Waals surface area (Å²) in [4.78, 5) is 11.2.